The van der Waals surface area contributed by atoms with E-state index < -0.39 is 0 Å². The van der Waals surface area contributed by atoms with Crippen LogP contribution in [0.4, 0.5) is 0 Å². The van der Waals surface area contributed by atoms with Crippen molar-refractivity contribution in [3.63, 3.8) is 0 Å². The highest BCUT2D eigenvalue weighted by molar-refractivity contribution is 6.13. The van der Waals surface area contributed by atoms with Gasteiger partial charge in [-0.05, 0) is 24.0 Å². The summed E-state index contributed by atoms with van der Waals surface area (Å²) >= 11 is 0. The summed E-state index contributed by atoms with van der Waals surface area (Å²) in [4.78, 5) is 24.6. The Labute approximate surface area is 105 Å². The van der Waals surface area contributed by atoms with Crippen molar-refractivity contribution in [3.8, 4) is 0 Å². The second kappa shape index (κ2) is 4.26. The molecule has 0 spiro atoms. The van der Waals surface area contributed by atoms with E-state index in [4.69, 9.17) is 0 Å². The lowest BCUT2D eigenvalue weighted by Gasteiger charge is -2.34. The molecule has 1 aromatic rings. The van der Waals surface area contributed by atoms with Crippen LogP contribution in [0.25, 0.3) is 0 Å². The summed E-state index contributed by atoms with van der Waals surface area (Å²) in [5.41, 5.74) is 2.37. The second-order valence-corrected chi connectivity index (χ2v) is 4.57. The molecule has 1 heterocycles. The molecule has 3 nitrogen and oxygen atoms in total. The highest BCUT2D eigenvalue weighted by atomic mass is 16.2. The molecule has 3 rings (SSSR count). The van der Waals surface area contributed by atoms with Crippen LogP contribution in [0.15, 0.2) is 54.1 Å². The maximum Gasteiger partial charge on any atom is 0.254 e. The fourth-order valence-corrected chi connectivity index (χ4v) is 2.40. The topological polar surface area (TPSA) is 37.4 Å². The minimum atomic E-state index is -0.191. The van der Waals surface area contributed by atoms with Gasteiger partial charge in [0.25, 0.3) is 11.8 Å². The van der Waals surface area contributed by atoms with Gasteiger partial charge in [-0.25, -0.2) is 0 Å². The van der Waals surface area contributed by atoms with Gasteiger partial charge in [0.15, 0.2) is 0 Å². The summed E-state index contributed by atoms with van der Waals surface area (Å²) in [6.07, 6.45) is 6.39. The van der Waals surface area contributed by atoms with Gasteiger partial charge in [-0.15, -0.1) is 0 Å². The first-order chi connectivity index (χ1) is 8.75. The number of carbonyl (C=O) groups excluding carboxylic acids is 2. The van der Waals surface area contributed by atoms with Crippen molar-refractivity contribution < 1.29 is 9.59 Å². The third-order valence-electron chi connectivity index (χ3n) is 3.44. The second-order valence-electron chi connectivity index (χ2n) is 4.57. The van der Waals surface area contributed by atoms with Gasteiger partial charge in [0.1, 0.15) is 0 Å². The zero-order valence-corrected chi connectivity index (χ0v) is 9.87. The Kier molecular flexibility index (Phi) is 2.59. The van der Waals surface area contributed by atoms with Gasteiger partial charge in [-0.1, -0.05) is 36.4 Å². The van der Waals surface area contributed by atoms with Crippen LogP contribution in [0.1, 0.15) is 12.0 Å². The van der Waals surface area contributed by atoms with Gasteiger partial charge < -0.3 is 0 Å². The first-order valence-electron chi connectivity index (χ1n) is 6.04. The number of carbonyl (C=O) groups is 2. The Morgan fingerprint density at radius 2 is 1.72 bits per heavy atom. The molecule has 2 aliphatic rings. The lowest BCUT2D eigenvalue weighted by molar-refractivity contribution is -0.139. The van der Waals surface area contributed by atoms with E-state index in [1.54, 1.807) is 0 Å². The molecule has 0 aromatic heterocycles. The molecular weight excluding hydrogens is 226 g/mol. The predicted octanol–water partition coefficient (Wildman–Crippen LogP) is 1.85. The zero-order chi connectivity index (χ0) is 12.5. The summed E-state index contributed by atoms with van der Waals surface area (Å²) in [6.45, 7) is 0. The van der Waals surface area contributed by atoms with Crippen molar-refractivity contribution in [1.82, 2.24) is 4.90 Å². The van der Waals surface area contributed by atoms with Gasteiger partial charge in [0.05, 0.1) is 6.04 Å². The van der Waals surface area contributed by atoms with Crippen LogP contribution < -0.4 is 0 Å². The molecule has 0 fully saturated rings. The summed E-state index contributed by atoms with van der Waals surface area (Å²) < 4.78 is 0. The first kappa shape index (κ1) is 11.0. The molecule has 0 radical (unpaired) electrons. The molecule has 2 amide bonds. The predicted molar refractivity (Wildman–Crippen MR) is 67.6 cm³/mol. The van der Waals surface area contributed by atoms with Gasteiger partial charge in [-0.3, -0.25) is 14.5 Å². The summed E-state index contributed by atoms with van der Waals surface area (Å²) in [5.74, 6) is -0.382. The van der Waals surface area contributed by atoms with Crippen LogP contribution in [0.3, 0.4) is 0 Å². The quantitative estimate of drug-likeness (QED) is 0.596. The number of hydrogen-bond acceptors (Lipinski definition) is 2. The molecule has 90 valence electrons. The number of hydrogen-bond donors (Lipinski definition) is 0. The van der Waals surface area contributed by atoms with Gasteiger partial charge in [0.2, 0.25) is 0 Å². The van der Waals surface area contributed by atoms with E-state index >= 15 is 0 Å². The van der Waals surface area contributed by atoms with Crippen molar-refractivity contribution in [1.29, 1.82) is 0 Å². The number of imide groups is 1. The normalized spacial score (nSPS) is 22.1. The van der Waals surface area contributed by atoms with Crippen molar-refractivity contribution in [2.45, 2.75) is 18.9 Å². The van der Waals surface area contributed by atoms with E-state index in [2.05, 4.69) is 18.2 Å². The third-order valence-corrected chi connectivity index (χ3v) is 3.44. The lowest BCUT2D eigenvalue weighted by Crippen LogP contribution is -2.44. The first-order valence-corrected chi connectivity index (χ1v) is 6.04. The van der Waals surface area contributed by atoms with Gasteiger partial charge >= 0.3 is 0 Å². The molecule has 0 N–H and O–H groups in total. The Morgan fingerprint density at radius 3 is 2.28 bits per heavy atom. The van der Waals surface area contributed by atoms with Crippen LogP contribution in [0.5, 0.6) is 0 Å². The van der Waals surface area contributed by atoms with Crippen LogP contribution in [0, 0.1) is 0 Å². The monoisotopic (exact) mass is 239 g/mol. The molecule has 3 heteroatoms. The molecule has 1 aromatic carbocycles. The molecule has 0 saturated carbocycles. The van der Waals surface area contributed by atoms with Gasteiger partial charge in [-0.2, -0.15) is 0 Å². The van der Waals surface area contributed by atoms with Crippen molar-refractivity contribution in [2.24, 2.45) is 0 Å². The Balaban J connectivity index is 1.73. The Hall–Kier alpha value is -2.16. The van der Waals surface area contributed by atoms with E-state index in [-0.39, 0.29) is 17.9 Å². The highest BCUT2D eigenvalue weighted by Gasteiger charge is 2.36. The molecule has 1 aliphatic carbocycles. The third kappa shape index (κ3) is 1.78. The Bertz CT molecular complexity index is 539. The van der Waals surface area contributed by atoms with E-state index in [0.717, 1.165) is 18.4 Å². The number of nitrogens with zero attached hydrogens (tertiary/aromatic N) is 1. The van der Waals surface area contributed by atoms with Crippen molar-refractivity contribution >= 4 is 11.8 Å². The summed E-state index contributed by atoms with van der Waals surface area (Å²) in [5, 5.41) is 0. The maximum absolute atomic E-state index is 11.6. The molecule has 0 bridgehead atoms. The minimum absolute atomic E-state index is 0.0415. The zero-order valence-electron chi connectivity index (χ0n) is 9.87. The standard InChI is InChI=1S/C15H13NO2/c17-14-8-9-15(18)16(14)13-7-6-12(13)10-11-4-2-1-3-5-11/h1-6,8-9,13H,7,10H2. The van der Waals surface area contributed by atoms with E-state index in [1.165, 1.54) is 22.6 Å². The molecule has 1 aliphatic heterocycles. The maximum atomic E-state index is 11.6. The molecule has 0 saturated heterocycles. The number of amides is 2. The largest absolute Gasteiger partial charge is 0.269 e. The molecular formula is C15H13NO2. The highest BCUT2D eigenvalue weighted by Crippen LogP contribution is 2.30. The SMILES string of the molecule is O=C1C=CC(=O)N1C1CC=C1Cc1ccccc1. The van der Waals surface area contributed by atoms with E-state index in [0.29, 0.717) is 0 Å². The molecule has 1 atom stereocenters. The fraction of sp³-hybridized carbons (Fsp3) is 0.200. The Morgan fingerprint density at radius 1 is 1.06 bits per heavy atom. The number of rotatable bonds is 3. The van der Waals surface area contributed by atoms with Crippen LogP contribution >= 0.6 is 0 Å². The average Bonchev–Trinajstić information content (AvgIpc) is 2.68. The van der Waals surface area contributed by atoms with Crippen LogP contribution in [-0.4, -0.2) is 22.8 Å². The van der Waals surface area contributed by atoms with Crippen molar-refractivity contribution in [3.05, 3.63) is 59.7 Å². The lowest BCUT2D eigenvalue weighted by atomic mass is 9.86. The summed E-state index contributed by atoms with van der Waals surface area (Å²) in [6, 6.07) is 10.0. The molecule has 1 unspecified atom stereocenters. The van der Waals surface area contributed by atoms with E-state index in [9.17, 15) is 9.59 Å². The van der Waals surface area contributed by atoms with Gasteiger partial charge in [0, 0.05) is 12.2 Å². The van der Waals surface area contributed by atoms with Crippen LogP contribution in [0.2, 0.25) is 0 Å². The summed E-state index contributed by atoms with van der Waals surface area (Å²) in [7, 11) is 0. The van der Waals surface area contributed by atoms with Crippen molar-refractivity contribution in [2.75, 3.05) is 0 Å². The van der Waals surface area contributed by atoms with Crippen LogP contribution in [-0.2, 0) is 16.0 Å². The molecule has 18 heavy (non-hydrogen) atoms. The number of benzene rings is 1. The average molecular weight is 239 g/mol. The van der Waals surface area contributed by atoms with E-state index in [1.807, 2.05) is 18.2 Å². The smallest absolute Gasteiger partial charge is 0.254 e. The minimum Gasteiger partial charge on any atom is -0.269 e. The fourth-order valence-electron chi connectivity index (χ4n) is 2.40.